The van der Waals surface area contributed by atoms with Gasteiger partial charge in [-0.1, -0.05) is 6.07 Å². The van der Waals surface area contributed by atoms with Gasteiger partial charge in [0.2, 0.25) is 5.91 Å². The smallest absolute Gasteiger partial charge is 0.257 e. The number of hydrogen-bond donors (Lipinski definition) is 3. The summed E-state index contributed by atoms with van der Waals surface area (Å²) < 4.78 is 5.09. The van der Waals surface area contributed by atoms with Gasteiger partial charge in [-0.3, -0.25) is 9.59 Å². The van der Waals surface area contributed by atoms with Gasteiger partial charge >= 0.3 is 0 Å². The third kappa shape index (κ3) is 3.37. The highest BCUT2D eigenvalue weighted by Crippen LogP contribution is 2.23. The van der Waals surface area contributed by atoms with Crippen LogP contribution >= 0.6 is 0 Å². The number of nitrogen functional groups attached to an aromatic ring is 1. The van der Waals surface area contributed by atoms with Gasteiger partial charge in [-0.2, -0.15) is 0 Å². The zero-order chi connectivity index (χ0) is 13.8. The topological polar surface area (TPSA) is 93.4 Å². The minimum atomic E-state index is -0.416. The number of carbonyl (C=O) groups is 2. The Hall–Kier alpha value is -2.24. The van der Waals surface area contributed by atoms with Gasteiger partial charge in [0.15, 0.2) is 0 Å². The standard InChI is InChI=1S/C13H17N3O3/c1-19-10-4-2-3-9(14)12(10)13(18)15-7-11(17)16-8-5-6-8/h2-4,8H,5-7,14H2,1H3,(H,15,18)(H,16,17). The average molecular weight is 263 g/mol. The van der Waals surface area contributed by atoms with E-state index in [1.165, 1.54) is 7.11 Å². The fraction of sp³-hybridized carbons (Fsp3) is 0.385. The molecule has 2 rings (SSSR count). The zero-order valence-corrected chi connectivity index (χ0v) is 10.7. The maximum Gasteiger partial charge on any atom is 0.257 e. The van der Waals surface area contributed by atoms with Gasteiger partial charge in [0.1, 0.15) is 11.3 Å². The molecule has 0 radical (unpaired) electrons. The molecular weight excluding hydrogens is 246 g/mol. The van der Waals surface area contributed by atoms with E-state index in [1.54, 1.807) is 18.2 Å². The molecule has 1 aromatic rings. The minimum absolute atomic E-state index is 0.0627. The van der Waals surface area contributed by atoms with Gasteiger partial charge < -0.3 is 21.1 Å². The Kier molecular flexibility index (Phi) is 3.89. The normalized spacial score (nSPS) is 13.7. The second-order valence-electron chi connectivity index (χ2n) is 4.45. The molecule has 0 bridgehead atoms. The maximum atomic E-state index is 12.0. The molecule has 1 aliphatic rings. The van der Waals surface area contributed by atoms with E-state index in [0.29, 0.717) is 11.4 Å². The Balaban J connectivity index is 1.97. The number of nitrogens with one attached hydrogen (secondary N) is 2. The van der Waals surface area contributed by atoms with Crippen molar-refractivity contribution in [2.45, 2.75) is 18.9 Å². The van der Waals surface area contributed by atoms with Gasteiger partial charge in [0, 0.05) is 11.7 Å². The summed E-state index contributed by atoms with van der Waals surface area (Å²) in [5.41, 5.74) is 6.33. The number of hydrogen-bond acceptors (Lipinski definition) is 4. The van der Waals surface area contributed by atoms with Crippen LogP contribution in [-0.4, -0.2) is 31.5 Å². The van der Waals surface area contributed by atoms with Crippen molar-refractivity contribution in [3.8, 4) is 5.75 Å². The van der Waals surface area contributed by atoms with Crippen molar-refractivity contribution in [1.29, 1.82) is 0 Å². The maximum absolute atomic E-state index is 12.0. The first-order valence-electron chi connectivity index (χ1n) is 6.12. The highest BCUT2D eigenvalue weighted by Gasteiger charge is 2.23. The summed E-state index contributed by atoms with van der Waals surface area (Å²) in [4.78, 5) is 23.5. The van der Waals surface area contributed by atoms with Crippen LogP contribution in [0.25, 0.3) is 0 Å². The third-order valence-corrected chi connectivity index (χ3v) is 2.86. The second kappa shape index (κ2) is 5.60. The molecule has 0 saturated heterocycles. The molecule has 1 aromatic carbocycles. The number of nitrogens with two attached hydrogens (primary N) is 1. The van der Waals surface area contributed by atoms with E-state index < -0.39 is 5.91 Å². The van der Waals surface area contributed by atoms with Crippen LogP contribution in [0.5, 0.6) is 5.75 Å². The van der Waals surface area contributed by atoms with E-state index in [2.05, 4.69) is 10.6 Å². The number of ether oxygens (including phenoxy) is 1. The summed E-state index contributed by atoms with van der Waals surface area (Å²) in [6, 6.07) is 5.24. The third-order valence-electron chi connectivity index (χ3n) is 2.86. The van der Waals surface area contributed by atoms with Crippen LogP contribution in [0.4, 0.5) is 5.69 Å². The van der Waals surface area contributed by atoms with Gasteiger partial charge in [-0.05, 0) is 25.0 Å². The van der Waals surface area contributed by atoms with Crippen LogP contribution in [0.15, 0.2) is 18.2 Å². The molecule has 19 heavy (non-hydrogen) atoms. The van der Waals surface area contributed by atoms with Gasteiger partial charge in [0.25, 0.3) is 5.91 Å². The molecule has 102 valence electrons. The summed E-state index contributed by atoms with van der Waals surface area (Å²) >= 11 is 0. The molecule has 6 heteroatoms. The van der Waals surface area contributed by atoms with Crippen LogP contribution < -0.4 is 21.1 Å². The number of carbonyl (C=O) groups excluding carboxylic acids is 2. The van der Waals surface area contributed by atoms with Crippen molar-refractivity contribution in [3.05, 3.63) is 23.8 Å². The van der Waals surface area contributed by atoms with Crippen LogP contribution in [0.1, 0.15) is 23.2 Å². The van der Waals surface area contributed by atoms with Gasteiger partial charge in [-0.15, -0.1) is 0 Å². The summed E-state index contributed by atoms with van der Waals surface area (Å²) in [5.74, 6) is -0.217. The van der Waals surface area contributed by atoms with Crippen molar-refractivity contribution >= 4 is 17.5 Å². The predicted molar refractivity (Wildman–Crippen MR) is 70.9 cm³/mol. The largest absolute Gasteiger partial charge is 0.496 e. The van der Waals surface area contributed by atoms with E-state index in [-0.39, 0.29) is 24.1 Å². The lowest BCUT2D eigenvalue weighted by Crippen LogP contribution is -2.38. The molecule has 1 aliphatic carbocycles. The fourth-order valence-electron chi connectivity index (χ4n) is 1.72. The summed E-state index contributed by atoms with van der Waals surface area (Å²) in [6.45, 7) is -0.0627. The van der Waals surface area contributed by atoms with Crippen LogP contribution in [0.3, 0.4) is 0 Å². The molecule has 0 aromatic heterocycles. The predicted octanol–water partition coefficient (Wildman–Crippen LogP) is 0.286. The summed E-state index contributed by atoms with van der Waals surface area (Å²) in [7, 11) is 1.46. The lowest BCUT2D eigenvalue weighted by Gasteiger charge is -2.11. The van der Waals surface area contributed by atoms with Gasteiger partial charge in [-0.25, -0.2) is 0 Å². The fourth-order valence-corrected chi connectivity index (χ4v) is 1.72. The number of amides is 2. The zero-order valence-electron chi connectivity index (χ0n) is 10.7. The van der Waals surface area contributed by atoms with Crippen molar-refractivity contribution in [3.63, 3.8) is 0 Å². The van der Waals surface area contributed by atoms with E-state index in [4.69, 9.17) is 10.5 Å². The Morgan fingerprint density at radius 2 is 2.16 bits per heavy atom. The Morgan fingerprint density at radius 1 is 1.42 bits per heavy atom. The highest BCUT2D eigenvalue weighted by atomic mass is 16.5. The molecule has 4 N–H and O–H groups in total. The first kappa shape index (κ1) is 13.2. The number of anilines is 1. The van der Waals surface area contributed by atoms with Crippen molar-refractivity contribution in [1.82, 2.24) is 10.6 Å². The van der Waals surface area contributed by atoms with Crippen molar-refractivity contribution in [2.75, 3.05) is 19.4 Å². The highest BCUT2D eigenvalue weighted by molar-refractivity contribution is 6.03. The molecule has 2 amide bonds. The molecule has 0 spiro atoms. The van der Waals surface area contributed by atoms with Crippen LogP contribution in [0, 0.1) is 0 Å². The molecular formula is C13H17N3O3. The van der Waals surface area contributed by atoms with Crippen LogP contribution in [0.2, 0.25) is 0 Å². The van der Waals surface area contributed by atoms with Crippen LogP contribution in [-0.2, 0) is 4.79 Å². The van der Waals surface area contributed by atoms with Crippen molar-refractivity contribution < 1.29 is 14.3 Å². The number of rotatable bonds is 5. The molecule has 1 fully saturated rings. The molecule has 0 unspecified atom stereocenters. The summed E-state index contributed by atoms with van der Waals surface area (Å²) in [5, 5.41) is 5.32. The SMILES string of the molecule is COc1cccc(N)c1C(=O)NCC(=O)NC1CC1. The minimum Gasteiger partial charge on any atom is -0.496 e. The molecule has 0 aliphatic heterocycles. The summed E-state index contributed by atoms with van der Waals surface area (Å²) in [6.07, 6.45) is 2.03. The molecule has 6 nitrogen and oxygen atoms in total. The first-order valence-corrected chi connectivity index (χ1v) is 6.12. The van der Waals surface area contributed by atoms with E-state index >= 15 is 0 Å². The van der Waals surface area contributed by atoms with Gasteiger partial charge in [0.05, 0.1) is 13.7 Å². The second-order valence-corrected chi connectivity index (χ2v) is 4.45. The monoisotopic (exact) mass is 263 g/mol. The first-order chi connectivity index (χ1) is 9.11. The quantitative estimate of drug-likeness (QED) is 0.665. The number of benzene rings is 1. The average Bonchev–Trinajstić information content (AvgIpc) is 3.19. The van der Waals surface area contributed by atoms with E-state index in [0.717, 1.165) is 12.8 Å². The molecule has 0 heterocycles. The van der Waals surface area contributed by atoms with E-state index in [9.17, 15) is 9.59 Å². The van der Waals surface area contributed by atoms with E-state index in [1.807, 2.05) is 0 Å². The van der Waals surface area contributed by atoms with Crippen molar-refractivity contribution in [2.24, 2.45) is 0 Å². The lowest BCUT2D eigenvalue weighted by molar-refractivity contribution is -0.120. The Bertz CT molecular complexity index is 498. The molecule has 1 saturated carbocycles. The molecule has 0 atom stereocenters. The number of methoxy groups -OCH3 is 1. The Labute approximate surface area is 111 Å². The Morgan fingerprint density at radius 3 is 2.79 bits per heavy atom. The lowest BCUT2D eigenvalue weighted by atomic mass is 10.1.